The molecule has 0 aromatic heterocycles. The van der Waals surface area contributed by atoms with Crippen LogP contribution in [0.2, 0.25) is 0 Å². The second-order valence-corrected chi connectivity index (χ2v) is 5.26. The molecule has 24 heavy (non-hydrogen) atoms. The third-order valence-electron chi connectivity index (χ3n) is 3.41. The van der Waals surface area contributed by atoms with E-state index in [9.17, 15) is 18.0 Å². The number of alkyl halides is 3. The lowest BCUT2D eigenvalue weighted by Crippen LogP contribution is -2.30. The molecule has 9 heteroatoms. The summed E-state index contributed by atoms with van der Waals surface area (Å²) in [5, 5.41) is 8.88. The minimum Gasteiger partial charge on any atom is -0.493 e. The van der Waals surface area contributed by atoms with E-state index in [4.69, 9.17) is 19.3 Å². The molecule has 2 atom stereocenters. The molecule has 134 valence electrons. The van der Waals surface area contributed by atoms with E-state index in [-0.39, 0.29) is 12.7 Å². The van der Waals surface area contributed by atoms with Gasteiger partial charge in [0.05, 0.1) is 19.8 Å². The van der Waals surface area contributed by atoms with Crippen LogP contribution in [0.5, 0.6) is 5.75 Å². The molecular weight excluding hydrogens is 331 g/mol. The fourth-order valence-corrected chi connectivity index (χ4v) is 2.18. The molecule has 1 heterocycles. The Morgan fingerprint density at radius 1 is 1.38 bits per heavy atom. The van der Waals surface area contributed by atoms with Gasteiger partial charge >= 0.3 is 12.3 Å². The summed E-state index contributed by atoms with van der Waals surface area (Å²) in [7, 11) is 1.51. The Morgan fingerprint density at radius 2 is 2.04 bits per heavy atom. The van der Waals surface area contributed by atoms with E-state index in [1.165, 1.54) is 24.1 Å². The maximum Gasteiger partial charge on any atom is 0.414 e. The zero-order valence-electron chi connectivity index (χ0n) is 13.0. The number of nitrogens with zero attached hydrogens (tertiary/aromatic N) is 1. The molecule has 1 aliphatic heterocycles. The first-order valence-electron chi connectivity index (χ1n) is 7.26. The maximum atomic E-state index is 12.2. The highest BCUT2D eigenvalue weighted by atomic mass is 19.4. The fraction of sp³-hybridized carbons (Fsp3) is 0.533. The highest BCUT2D eigenvalue weighted by Gasteiger charge is 2.37. The van der Waals surface area contributed by atoms with Crippen molar-refractivity contribution >= 4 is 11.8 Å². The van der Waals surface area contributed by atoms with Gasteiger partial charge in [0.2, 0.25) is 0 Å². The molecule has 0 radical (unpaired) electrons. The first-order chi connectivity index (χ1) is 11.3. The molecule has 0 bridgehead atoms. The van der Waals surface area contributed by atoms with Crippen molar-refractivity contribution in [1.29, 1.82) is 0 Å². The Kier molecular flexibility index (Phi) is 5.89. The van der Waals surface area contributed by atoms with Crippen molar-refractivity contribution in [3.63, 3.8) is 0 Å². The number of cyclic esters (lactones) is 1. The number of anilines is 1. The minimum absolute atomic E-state index is 0.276. The van der Waals surface area contributed by atoms with Crippen molar-refractivity contribution in [3.8, 4) is 5.75 Å². The number of rotatable bonds is 7. The predicted molar refractivity (Wildman–Crippen MR) is 78.1 cm³/mol. The highest BCUT2D eigenvalue weighted by Crippen LogP contribution is 2.25. The van der Waals surface area contributed by atoms with Crippen LogP contribution in [0.25, 0.3) is 0 Å². The molecule has 1 aromatic rings. The van der Waals surface area contributed by atoms with Gasteiger partial charge in [-0.25, -0.2) is 4.79 Å². The van der Waals surface area contributed by atoms with Crippen molar-refractivity contribution in [3.05, 3.63) is 24.3 Å². The van der Waals surface area contributed by atoms with Gasteiger partial charge in [0.15, 0.2) is 6.10 Å². The number of halogens is 3. The van der Waals surface area contributed by atoms with Crippen molar-refractivity contribution < 1.29 is 37.3 Å². The van der Waals surface area contributed by atoms with Gasteiger partial charge in [-0.1, -0.05) is 0 Å². The molecule has 0 saturated carbocycles. The lowest BCUT2D eigenvalue weighted by molar-refractivity contribution is -0.206. The number of carbonyl (C=O) groups excluding carboxylic acids is 1. The summed E-state index contributed by atoms with van der Waals surface area (Å²) in [6, 6.07) is 6.27. The molecule has 0 aliphatic carbocycles. The number of hydrogen-bond donors (Lipinski definition) is 1. The lowest BCUT2D eigenvalue weighted by atomic mass is 10.2. The molecule has 1 unspecified atom stereocenters. The largest absolute Gasteiger partial charge is 0.493 e. The fourth-order valence-electron chi connectivity index (χ4n) is 2.18. The average molecular weight is 349 g/mol. The second-order valence-electron chi connectivity index (χ2n) is 5.26. The van der Waals surface area contributed by atoms with Crippen LogP contribution in [-0.2, 0) is 9.47 Å². The van der Waals surface area contributed by atoms with Gasteiger partial charge in [0.25, 0.3) is 0 Å². The van der Waals surface area contributed by atoms with Crippen LogP contribution in [0.4, 0.5) is 23.7 Å². The normalized spacial score (nSPS) is 19.3. The van der Waals surface area contributed by atoms with Crippen molar-refractivity contribution in [2.24, 2.45) is 0 Å². The predicted octanol–water partition coefficient (Wildman–Crippen LogP) is 2.35. The first kappa shape index (κ1) is 18.3. The summed E-state index contributed by atoms with van der Waals surface area (Å²) in [5.74, 6) is 0.342. The number of hydrogen-bond acceptors (Lipinski definition) is 5. The highest BCUT2D eigenvalue weighted by molar-refractivity contribution is 5.89. The summed E-state index contributed by atoms with van der Waals surface area (Å²) < 4.78 is 51.7. The average Bonchev–Trinajstić information content (AvgIpc) is 2.88. The summed E-state index contributed by atoms with van der Waals surface area (Å²) in [6.07, 6.45) is -8.44. The minimum atomic E-state index is -4.65. The van der Waals surface area contributed by atoms with E-state index in [1.54, 1.807) is 12.1 Å². The van der Waals surface area contributed by atoms with E-state index < -0.39 is 24.8 Å². The summed E-state index contributed by atoms with van der Waals surface area (Å²) in [5.41, 5.74) is 0.585. The van der Waals surface area contributed by atoms with Gasteiger partial charge in [0, 0.05) is 19.2 Å². The first-order valence-corrected chi connectivity index (χ1v) is 7.26. The van der Waals surface area contributed by atoms with Crippen LogP contribution in [0.15, 0.2) is 24.3 Å². The SMILES string of the molecule is COC[C@H]1CN(c2ccc(OCCC(O)C(F)(F)F)cc2)C(=O)O1. The van der Waals surface area contributed by atoms with Crippen LogP contribution in [0.1, 0.15) is 6.42 Å². The van der Waals surface area contributed by atoms with E-state index in [1.807, 2.05) is 0 Å². The molecular formula is C15H18F3NO5. The van der Waals surface area contributed by atoms with Gasteiger partial charge in [-0.15, -0.1) is 0 Å². The molecule has 1 fully saturated rings. The molecule has 1 saturated heterocycles. The standard InChI is InChI=1S/C15H18F3NO5/c1-22-9-12-8-19(14(21)24-12)10-2-4-11(5-3-10)23-7-6-13(20)15(16,17)18/h2-5,12-13,20H,6-9H2,1H3/t12-,13?/m1/s1. The van der Waals surface area contributed by atoms with Gasteiger partial charge < -0.3 is 19.3 Å². The maximum absolute atomic E-state index is 12.2. The van der Waals surface area contributed by atoms with Crippen LogP contribution in [0.3, 0.4) is 0 Å². The van der Waals surface area contributed by atoms with Crippen LogP contribution < -0.4 is 9.64 Å². The Morgan fingerprint density at radius 3 is 2.62 bits per heavy atom. The van der Waals surface area contributed by atoms with E-state index in [2.05, 4.69) is 0 Å². The molecule has 1 amide bonds. The monoisotopic (exact) mass is 349 g/mol. The van der Waals surface area contributed by atoms with E-state index in [0.717, 1.165) is 0 Å². The van der Waals surface area contributed by atoms with Gasteiger partial charge in [-0.2, -0.15) is 13.2 Å². The summed E-state index contributed by atoms with van der Waals surface area (Å²) >= 11 is 0. The Bertz CT molecular complexity index is 549. The molecule has 1 aromatic carbocycles. The summed E-state index contributed by atoms with van der Waals surface area (Å²) in [4.78, 5) is 13.2. The topological polar surface area (TPSA) is 68.2 Å². The quantitative estimate of drug-likeness (QED) is 0.818. The molecule has 0 spiro atoms. The van der Waals surface area contributed by atoms with E-state index in [0.29, 0.717) is 24.6 Å². The number of aliphatic hydroxyl groups excluding tert-OH is 1. The number of methoxy groups -OCH3 is 1. The number of benzene rings is 1. The van der Waals surface area contributed by atoms with Gasteiger partial charge in [-0.05, 0) is 24.3 Å². The zero-order valence-corrected chi connectivity index (χ0v) is 13.0. The summed E-state index contributed by atoms with van der Waals surface area (Å²) in [6.45, 7) is 0.372. The van der Waals surface area contributed by atoms with Crippen LogP contribution in [-0.4, -0.2) is 56.5 Å². The van der Waals surface area contributed by atoms with Crippen LogP contribution in [0, 0.1) is 0 Å². The molecule has 1 N–H and O–H groups in total. The smallest absolute Gasteiger partial charge is 0.414 e. The van der Waals surface area contributed by atoms with E-state index >= 15 is 0 Å². The van der Waals surface area contributed by atoms with Crippen LogP contribution >= 0.6 is 0 Å². The van der Waals surface area contributed by atoms with Crippen molar-refractivity contribution in [2.75, 3.05) is 31.8 Å². The third kappa shape index (κ3) is 4.75. The number of aliphatic hydroxyl groups is 1. The van der Waals surface area contributed by atoms with Gasteiger partial charge in [-0.3, -0.25) is 4.90 Å². The third-order valence-corrected chi connectivity index (χ3v) is 3.41. The molecule has 2 rings (SSSR count). The Balaban J connectivity index is 1.86. The number of carbonyl (C=O) groups is 1. The number of amides is 1. The second kappa shape index (κ2) is 7.71. The van der Waals surface area contributed by atoms with Gasteiger partial charge in [0.1, 0.15) is 11.9 Å². The molecule has 1 aliphatic rings. The number of ether oxygens (including phenoxy) is 3. The lowest BCUT2D eigenvalue weighted by Gasteiger charge is -2.16. The molecule has 6 nitrogen and oxygen atoms in total. The zero-order chi connectivity index (χ0) is 17.7. The van der Waals surface area contributed by atoms with Crippen molar-refractivity contribution in [2.45, 2.75) is 24.8 Å². The van der Waals surface area contributed by atoms with Crippen molar-refractivity contribution in [1.82, 2.24) is 0 Å². The Labute approximate surface area is 136 Å². The Hall–Kier alpha value is -2.00.